The van der Waals surface area contributed by atoms with Gasteiger partial charge in [-0.3, -0.25) is 0 Å². The molecule has 4 atom stereocenters. The summed E-state index contributed by atoms with van der Waals surface area (Å²) in [4.78, 5) is 8.57. The number of hydrogen-bond acceptors (Lipinski definition) is 8. The van der Waals surface area contributed by atoms with E-state index in [0.717, 1.165) is 0 Å². The van der Waals surface area contributed by atoms with Crippen molar-refractivity contribution in [3.63, 3.8) is 0 Å². The largest absolute Gasteiger partial charge is 0.481 e. The van der Waals surface area contributed by atoms with Gasteiger partial charge in [-0.2, -0.15) is 0 Å². The van der Waals surface area contributed by atoms with Crippen molar-refractivity contribution in [1.82, 2.24) is 9.97 Å². The number of nitrogens with one attached hydrogen (secondary N) is 1. The Hall–Kier alpha value is -1.70. The number of methoxy groups -OCH3 is 1. The molecule has 33 heavy (non-hydrogen) atoms. The maximum absolute atomic E-state index is 14.5. The van der Waals surface area contributed by atoms with Crippen molar-refractivity contribution >= 4 is 68.6 Å². The number of anilines is 2. The van der Waals surface area contributed by atoms with Gasteiger partial charge in [0.05, 0.1) is 34.5 Å². The van der Waals surface area contributed by atoms with E-state index in [0.29, 0.717) is 41.4 Å². The molecule has 0 spiro atoms. The second-order valence-corrected chi connectivity index (χ2v) is 8.72. The lowest BCUT2D eigenvalue weighted by Crippen LogP contribution is -2.35. The molecule has 2 aromatic carbocycles. The molecule has 0 saturated carbocycles. The van der Waals surface area contributed by atoms with Crippen molar-refractivity contribution in [2.75, 3.05) is 25.6 Å². The lowest BCUT2D eigenvalue weighted by atomic mass is 10.1. The third-order valence-electron chi connectivity index (χ3n) is 5.62. The number of benzene rings is 2. The first kappa shape index (κ1) is 23.1. The number of nitrogens with zero attached hydrogens (tertiary/aromatic N) is 2. The highest BCUT2D eigenvalue weighted by atomic mass is 127. The zero-order valence-electron chi connectivity index (χ0n) is 17.1. The third-order valence-corrected chi connectivity index (χ3v) is 6.87. The van der Waals surface area contributed by atoms with Crippen LogP contribution in [0.1, 0.15) is 0 Å². The Balaban J connectivity index is 1.45. The van der Waals surface area contributed by atoms with E-state index >= 15 is 0 Å². The molecule has 5 rings (SSSR count). The number of aromatic nitrogens is 2. The summed E-state index contributed by atoms with van der Waals surface area (Å²) in [5.74, 6) is 0.606. The maximum atomic E-state index is 14.5. The van der Waals surface area contributed by atoms with E-state index in [1.54, 1.807) is 42.2 Å². The van der Waals surface area contributed by atoms with Crippen molar-refractivity contribution in [2.24, 2.45) is 0 Å². The fraction of sp³-hybridized carbons (Fsp3) is 0.333. The standard InChI is InChI=1S/C21H17Cl2FIN3O5/c1-29-15-6-30-20-16(7-31-19(15)20)32-13-5-12-9(4-14(13)33-25)21(27-8-26-12)28-11-3-2-10(22)17(23)18(11)24/h2-5,8,15-16,19-20H,6-7H2,1H3,(H,26,27,28)/t15-,16-,19+,20+/m0/s1. The van der Waals surface area contributed by atoms with E-state index in [9.17, 15) is 4.39 Å². The monoisotopic (exact) mass is 607 g/mol. The molecule has 0 unspecified atom stereocenters. The van der Waals surface area contributed by atoms with Crippen molar-refractivity contribution < 1.29 is 26.4 Å². The zero-order valence-corrected chi connectivity index (χ0v) is 20.7. The van der Waals surface area contributed by atoms with Gasteiger partial charge in [-0.1, -0.05) is 23.2 Å². The summed E-state index contributed by atoms with van der Waals surface area (Å²) < 4.78 is 43.4. The first-order valence-electron chi connectivity index (χ1n) is 9.90. The fourth-order valence-corrected chi connectivity index (χ4v) is 4.62. The number of hydrogen-bond donors (Lipinski definition) is 1. The molecular weight excluding hydrogens is 591 g/mol. The minimum atomic E-state index is -0.678. The predicted octanol–water partition coefficient (Wildman–Crippen LogP) is 5.11. The van der Waals surface area contributed by atoms with Crippen LogP contribution < -0.4 is 13.1 Å². The molecule has 174 valence electrons. The van der Waals surface area contributed by atoms with Gasteiger partial charge in [0.15, 0.2) is 46.4 Å². The van der Waals surface area contributed by atoms with E-state index in [1.807, 2.05) is 0 Å². The van der Waals surface area contributed by atoms with Crippen LogP contribution in [0, 0.1) is 5.82 Å². The minimum absolute atomic E-state index is 0.121. The van der Waals surface area contributed by atoms with Crippen LogP contribution in [-0.2, 0) is 14.2 Å². The SMILES string of the molecule is CO[C@H]1CO[C@H]2[C@@H]1OC[C@@H]2Oc1cc2ncnc(Nc3ccc(Cl)c(Cl)c3F)c2cc1OI. The summed E-state index contributed by atoms with van der Waals surface area (Å²) in [5.41, 5.74) is 0.694. The van der Waals surface area contributed by atoms with Crippen LogP contribution in [0.3, 0.4) is 0 Å². The molecule has 12 heteroatoms. The van der Waals surface area contributed by atoms with Crippen molar-refractivity contribution in [3.05, 3.63) is 46.5 Å². The van der Waals surface area contributed by atoms with Crippen molar-refractivity contribution in [1.29, 1.82) is 0 Å². The Bertz CT molecular complexity index is 1210. The minimum Gasteiger partial charge on any atom is -0.481 e. The molecular formula is C21H17Cl2FIN3O5. The molecule has 2 aliphatic rings. The molecule has 0 amide bonds. The average molecular weight is 608 g/mol. The van der Waals surface area contributed by atoms with Gasteiger partial charge in [-0.25, -0.2) is 14.4 Å². The Morgan fingerprint density at radius 1 is 1.09 bits per heavy atom. The van der Waals surface area contributed by atoms with Crippen LogP contribution in [0.4, 0.5) is 15.9 Å². The van der Waals surface area contributed by atoms with E-state index < -0.39 is 5.82 Å². The van der Waals surface area contributed by atoms with Gasteiger partial charge in [0.25, 0.3) is 0 Å². The van der Waals surface area contributed by atoms with Crippen LogP contribution in [0.5, 0.6) is 11.5 Å². The van der Waals surface area contributed by atoms with E-state index in [2.05, 4.69) is 15.3 Å². The van der Waals surface area contributed by atoms with Crippen LogP contribution in [-0.4, -0.2) is 54.7 Å². The highest BCUT2D eigenvalue weighted by Crippen LogP contribution is 2.39. The van der Waals surface area contributed by atoms with Gasteiger partial charge in [0.2, 0.25) is 0 Å². The Kier molecular flexibility index (Phi) is 6.65. The molecule has 0 radical (unpaired) electrons. The lowest BCUT2D eigenvalue weighted by Gasteiger charge is -2.20. The summed E-state index contributed by atoms with van der Waals surface area (Å²) in [5, 5.41) is 3.49. The van der Waals surface area contributed by atoms with Gasteiger partial charge < -0.3 is 27.3 Å². The van der Waals surface area contributed by atoms with Gasteiger partial charge >= 0.3 is 0 Å². The summed E-state index contributed by atoms with van der Waals surface area (Å²) in [6.07, 6.45) is 0.495. The molecule has 1 aromatic heterocycles. The molecule has 2 saturated heterocycles. The normalized spacial score (nSPS) is 24.2. The average Bonchev–Trinajstić information content (AvgIpc) is 3.41. The second kappa shape index (κ2) is 9.51. The van der Waals surface area contributed by atoms with Gasteiger partial charge in [0.1, 0.15) is 30.5 Å². The van der Waals surface area contributed by atoms with Crippen molar-refractivity contribution in [3.8, 4) is 11.5 Å². The maximum Gasteiger partial charge on any atom is 0.192 e. The highest BCUT2D eigenvalue weighted by Gasteiger charge is 2.49. The Labute approximate surface area is 212 Å². The first-order chi connectivity index (χ1) is 16.0. The van der Waals surface area contributed by atoms with E-state index in [-0.39, 0.29) is 40.1 Å². The molecule has 8 nitrogen and oxygen atoms in total. The van der Waals surface area contributed by atoms with Crippen LogP contribution in [0.25, 0.3) is 10.9 Å². The third kappa shape index (κ3) is 4.28. The van der Waals surface area contributed by atoms with Crippen molar-refractivity contribution in [2.45, 2.75) is 24.4 Å². The molecule has 3 aromatic rings. The Morgan fingerprint density at radius 2 is 1.85 bits per heavy atom. The topological polar surface area (TPSA) is 84.0 Å². The summed E-state index contributed by atoms with van der Waals surface area (Å²) in [7, 11) is 1.63. The number of ether oxygens (including phenoxy) is 4. The molecule has 2 aliphatic heterocycles. The summed E-state index contributed by atoms with van der Waals surface area (Å²) >= 11 is 13.6. The molecule has 1 N–H and O–H groups in total. The zero-order chi connectivity index (χ0) is 23.1. The van der Waals surface area contributed by atoms with E-state index in [4.69, 9.17) is 45.2 Å². The van der Waals surface area contributed by atoms with Crippen LogP contribution in [0.2, 0.25) is 10.0 Å². The molecule has 0 aliphatic carbocycles. The van der Waals surface area contributed by atoms with Gasteiger partial charge in [-0.05, 0) is 18.2 Å². The summed E-state index contributed by atoms with van der Waals surface area (Å²) in [6, 6.07) is 6.43. The van der Waals surface area contributed by atoms with Gasteiger partial charge in [0, 0.05) is 18.6 Å². The quantitative estimate of drug-likeness (QED) is 0.306. The van der Waals surface area contributed by atoms with Crippen LogP contribution in [0.15, 0.2) is 30.6 Å². The van der Waals surface area contributed by atoms with E-state index in [1.165, 1.54) is 18.5 Å². The molecule has 0 bridgehead atoms. The summed E-state index contributed by atoms with van der Waals surface area (Å²) in [6.45, 7) is 0.813. The number of fused-ring (bicyclic) bond motifs is 2. The first-order valence-corrected chi connectivity index (χ1v) is 11.5. The van der Waals surface area contributed by atoms with Crippen LogP contribution >= 0.6 is 46.2 Å². The predicted molar refractivity (Wildman–Crippen MR) is 129 cm³/mol. The van der Waals surface area contributed by atoms with Gasteiger partial charge in [-0.15, -0.1) is 0 Å². The number of halogens is 4. The molecule has 2 fully saturated rings. The number of rotatable bonds is 6. The smallest absolute Gasteiger partial charge is 0.192 e. The fourth-order valence-electron chi connectivity index (χ4n) is 3.96. The highest BCUT2D eigenvalue weighted by molar-refractivity contribution is 14.1. The molecule has 3 heterocycles. The lowest BCUT2D eigenvalue weighted by molar-refractivity contribution is -0.0139. The second-order valence-electron chi connectivity index (χ2n) is 7.49. The Morgan fingerprint density at radius 3 is 2.61 bits per heavy atom.